The Kier molecular flexibility index (Phi) is 6.24. The van der Waals surface area contributed by atoms with E-state index >= 15 is 0 Å². The lowest BCUT2D eigenvalue weighted by Gasteiger charge is -2.09. The maximum Gasteiger partial charge on any atom is 0.240 e. The molecule has 0 heterocycles. The maximum absolute atomic E-state index is 12.0. The Labute approximate surface area is 150 Å². The van der Waals surface area contributed by atoms with Gasteiger partial charge in [0.2, 0.25) is 20.0 Å². The maximum atomic E-state index is 12.0. The molecule has 2 rings (SSSR count). The fourth-order valence-electron chi connectivity index (χ4n) is 1.76. The zero-order valence-corrected chi connectivity index (χ0v) is 15.4. The highest BCUT2D eigenvalue weighted by Crippen LogP contribution is 2.14. The van der Waals surface area contributed by atoms with Crippen molar-refractivity contribution in [1.82, 2.24) is 9.44 Å². The molecule has 0 aliphatic carbocycles. The third-order valence-corrected chi connectivity index (χ3v) is 6.41. The minimum absolute atomic E-state index is 0.0486. The van der Waals surface area contributed by atoms with Gasteiger partial charge in [-0.3, -0.25) is 0 Å². The molecule has 0 atom stereocenters. The lowest BCUT2D eigenvalue weighted by Crippen LogP contribution is -2.34. The second kappa shape index (κ2) is 7.81. The van der Waals surface area contributed by atoms with E-state index in [2.05, 4.69) is 9.44 Å². The van der Waals surface area contributed by atoms with E-state index in [9.17, 15) is 16.8 Å². The van der Waals surface area contributed by atoms with Crippen LogP contribution in [0.3, 0.4) is 0 Å². The van der Waals surface area contributed by atoms with E-state index in [1.54, 1.807) is 0 Å². The number of hydrogen-bond acceptors (Lipinski definition) is 4. The molecule has 0 unspecified atom stereocenters. The Bertz CT molecular complexity index is 819. The van der Waals surface area contributed by atoms with E-state index in [1.165, 1.54) is 48.5 Å². The van der Waals surface area contributed by atoms with Gasteiger partial charge in [-0.15, -0.1) is 0 Å². The van der Waals surface area contributed by atoms with Crippen LogP contribution < -0.4 is 9.44 Å². The van der Waals surface area contributed by atoms with Gasteiger partial charge < -0.3 is 0 Å². The van der Waals surface area contributed by atoms with Crippen LogP contribution in [-0.2, 0) is 20.0 Å². The molecule has 0 spiro atoms. The van der Waals surface area contributed by atoms with Crippen molar-refractivity contribution < 1.29 is 16.8 Å². The van der Waals surface area contributed by atoms with Crippen molar-refractivity contribution in [2.75, 3.05) is 13.1 Å². The predicted octanol–water partition coefficient (Wildman–Crippen LogP) is 2.25. The summed E-state index contributed by atoms with van der Waals surface area (Å²) in [7, 11) is -7.45. The number of benzene rings is 2. The van der Waals surface area contributed by atoms with Crippen molar-refractivity contribution >= 4 is 43.2 Å². The normalized spacial score (nSPS) is 12.2. The van der Waals surface area contributed by atoms with Crippen LogP contribution in [0.5, 0.6) is 0 Å². The van der Waals surface area contributed by atoms with Gasteiger partial charge in [-0.25, -0.2) is 26.3 Å². The van der Waals surface area contributed by atoms with Gasteiger partial charge in [0.25, 0.3) is 0 Å². The van der Waals surface area contributed by atoms with Gasteiger partial charge >= 0.3 is 0 Å². The molecular weight excluding hydrogens is 395 g/mol. The first-order chi connectivity index (χ1) is 11.2. The quantitative estimate of drug-likeness (QED) is 0.687. The molecule has 6 nitrogen and oxygen atoms in total. The Hall–Kier alpha value is -1.16. The van der Waals surface area contributed by atoms with E-state index < -0.39 is 20.0 Å². The van der Waals surface area contributed by atoms with Crippen LogP contribution in [0.15, 0.2) is 58.3 Å². The highest BCUT2D eigenvalue weighted by Gasteiger charge is 2.15. The van der Waals surface area contributed by atoms with Gasteiger partial charge in [0, 0.05) is 23.1 Å². The molecule has 130 valence electrons. The van der Waals surface area contributed by atoms with Crippen LogP contribution in [-0.4, -0.2) is 29.9 Å². The number of hydrogen-bond donors (Lipinski definition) is 2. The third kappa shape index (κ3) is 5.17. The van der Waals surface area contributed by atoms with Crippen molar-refractivity contribution in [2.45, 2.75) is 9.79 Å². The first-order valence-corrected chi connectivity index (χ1v) is 10.4. The molecular formula is C14H14Cl2N2O4S2. The third-order valence-electron chi connectivity index (χ3n) is 2.96. The Morgan fingerprint density at radius 1 is 0.625 bits per heavy atom. The largest absolute Gasteiger partial charge is 0.240 e. The van der Waals surface area contributed by atoms with Crippen LogP contribution in [0.2, 0.25) is 10.0 Å². The predicted molar refractivity (Wildman–Crippen MR) is 93.3 cm³/mol. The van der Waals surface area contributed by atoms with Crippen LogP contribution in [0.1, 0.15) is 0 Å². The fourth-order valence-corrected chi connectivity index (χ4v) is 4.08. The SMILES string of the molecule is O=S(=O)(NCCNS(=O)(=O)c1ccc(Cl)cc1)c1ccc(Cl)cc1. The van der Waals surface area contributed by atoms with Crippen LogP contribution in [0, 0.1) is 0 Å². The lowest BCUT2D eigenvalue weighted by molar-refractivity contribution is 0.570. The average molecular weight is 409 g/mol. The van der Waals surface area contributed by atoms with Crippen molar-refractivity contribution in [3.05, 3.63) is 58.6 Å². The molecule has 0 bridgehead atoms. The Morgan fingerprint density at radius 3 is 1.21 bits per heavy atom. The van der Waals surface area contributed by atoms with Gasteiger partial charge in [0.05, 0.1) is 9.79 Å². The van der Waals surface area contributed by atoms with E-state index in [0.717, 1.165) is 0 Å². The van der Waals surface area contributed by atoms with E-state index in [0.29, 0.717) is 10.0 Å². The van der Waals surface area contributed by atoms with Crippen molar-refractivity contribution in [1.29, 1.82) is 0 Å². The monoisotopic (exact) mass is 408 g/mol. The molecule has 2 N–H and O–H groups in total. The van der Waals surface area contributed by atoms with Crippen LogP contribution >= 0.6 is 23.2 Å². The lowest BCUT2D eigenvalue weighted by atomic mass is 10.4. The van der Waals surface area contributed by atoms with Crippen LogP contribution in [0.25, 0.3) is 0 Å². The number of nitrogens with one attached hydrogen (secondary N) is 2. The minimum atomic E-state index is -3.73. The van der Waals surface area contributed by atoms with Crippen LogP contribution in [0.4, 0.5) is 0 Å². The van der Waals surface area contributed by atoms with Gasteiger partial charge in [-0.1, -0.05) is 23.2 Å². The minimum Gasteiger partial charge on any atom is -0.210 e. The molecule has 2 aromatic carbocycles. The molecule has 0 saturated heterocycles. The zero-order chi connectivity index (χ0) is 17.8. The van der Waals surface area contributed by atoms with Gasteiger partial charge in [-0.2, -0.15) is 0 Å². The summed E-state index contributed by atoms with van der Waals surface area (Å²) in [5.41, 5.74) is 0. The summed E-state index contributed by atoms with van der Waals surface area (Å²) in [6.07, 6.45) is 0. The van der Waals surface area contributed by atoms with Crippen molar-refractivity contribution in [2.24, 2.45) is 0 Å². The van der Waals surface area contributed by atoms with Crippen molar-refractivity contribution in [3.8, 4) is 0 Å². The standard InChI is InChI=1S/C14H14Cl2N2O4S2/c15-11-1-5-13(6-2-11)23(19,20)17-9-10-18-24(21,22)14-7-3-12(16)4-8-14/h1-8,17-18H,9-10H2. The van der Waals surface area contributed by atoms with Crippen molar-refractivity contribution in [3.63, 3.8) is 0 Å². The second-order valence-corrected chi connectivity index (χ2v) is 9.11. The Balaban J connectivity index is 1.92. The molecule has 0 aromatic heterocycles. The average Bonchev–Trinajstić information content (AvgIpc) is 2.52. The highest BCUT2D eigenvalue weighted by molar-refractivity contribution is 7.89. The number of rotatable bonds is 7. The van der Waals surface area contributed by atoms with Gasteiger partial charge in [0.1, 0.15) is 0 Å². The molecule has 24 heavy (non-hydrogen) atoms. The summed E-state index contributed by atoms with van der Waals surface area (Å²) >= 11 is 11.4. The van der Waals surface area contributed by atoms with Gasteiger partial charge in [-0.05, 0) is 48.5 Å². The molecule has 0 saturated carbocycles. The summed E-state index contributed by atoms with van der Waals surface area (Å²) in [6.45, 7) is -0.199. The topological polar surface area (TPSA) is 92.3 Å². The van der Waals surface area contributed by atoms with E-state index in [4.69, 9.17) is 23.2 Å². The molecule has 0 fully saturated rings. The molecule has 0 amide bonds. The Morgan fingerprint density at radius 2 is 0.917 bits per heavy atom. The molecule has 0 aliphatic heterocycles. The highest BCUT2D eigenvalue weighted by atomic mass is 35.5. The van der Waals surface area contributed by atoms with Gasteiger partial charge in [0.15, 0.2) is 0 Å². The first-order valence-electron chi connectivity index (χ1n) is 6.71. The fraction of sp³-hybridized carbons (Fsp3) is 0.143. The van der Waals surface area contributed by atoms with E-state index in [-0.39, 0.29) is 22.9 Å². The number of sulfonamides is 2. The summed E-state index contributed by atoms with van der Waals surface area (Å²) in [5, 5.41) is 0.842. The molecule has 10 heteroatoms. The first kappa shape index (κ1) is 19.2. The summed E-state index contributed by atoms with van der Waals surface area (Å²) in [5.74, 6) is 0. The zero-order valence-electron chi connectivity index (χ0n) is 12.2. The smallest absolute Gasteiger partial charge is 0.210 e. The summed E-state index contributed by atoms with van der Waals surface area (Å²) < 4.78 is 52.7. The summed E-state index contributed by atoms with van der Waals surface area (Å²) in [6, 6.07) is 11.3. The molecule has 0 radical (unpaired) electrons. The molecule has 2 aromatic rings. The summed E-state index contributed by atoms with van der Waals surface area (Å²) in [4.78, 5) is 0.0971. The number of halogens is 2. The van der Waals surface area contributed by atoms with E-state index in [1.807, 2.05) is 0 Å². The molecule has 0 aliphatic rings. The second-order valence-electron chi connectivity index (χ2n) is 4.70.